The molecule has 1 aliphatic heterocycles. The van der Waals surface area contributed by atoms with Gasteiger partial charge >= 0.3 is 6.36 Å². The van der Waals surface area contributed by atoms with E-state index in [0.717, 1.165) is 5.69 Å². The maximum absolute atomic E-state index is 12.7. The number of aromatic nitrogens is 2. The number of benzene rings is 1. The van der Waals surface area contributed by atoms with Gasteiger partial charge in [0.25, 0.3) is 0 Å². The second-order valence-corrected chi connectivity index (χ2v) is 10.0. The molecule has 200 valence electrons. The molecule has 2 N–H and O–H groups in total. The molecule has 0 bridgehead atoms. The second-order valence-electron chi connectivity index (χ2n) is 10.0. The van der Waals surface area contributed by atoms with E-state index >= 15 is 0 Å². The SMILES string of the molecule is CCC1(C(O)(c2ccc(OC(F)(F)F)cc2)c2cncc(C#CC(C)(O)c3cccc(C)n3)c2)CN(C)C1. The van der Waals surface area contributed by atoms with Crippen LogP contribution in [0.1, 0.15) is 48.3 Å². The van der Waals surface area contributed by atoms with Crippen molar-refractivity contribution in [3.63, 3.8) is 0 Å². The molecule has 0 saturated carbocycles. The van der Waals surface area contributed by atoms with Crippen LogP contribution in [0.3, 0.4) is 0 Å². The van der Waals surface area contributed by atoms with E-state index in [1.807, 2.05) is 27.0 Å². The lowest BCUT2D eigenvalue weighted by molar-refractivity contribution is -0.274. The van der Waals surface area contributed by atoms with Crippen molar-refractivity contribution >= 4 is 0 Å². The lowest BCUT2D eigenvalue weighted by Gasteiger charge is -2.57. The molecule has 0 amide bonds. The van der Waals surface area contributed by atoms with Crippen molar-refractivity contribution in [1.29, 1.82) is 0 Å². The van der Waals surface area contributed by atoms with Crippen LogP contribution in [0.4, 0.5) is 13.2 Å². The van der Waals surface area contributed by atoms with Crippen LogP contribution in [0, 0.1) is 24.2 Å². The number of hydrogen-bond acceptors (Lipinski definition) is 6. The summed E-state index contributed by atoms with van der Waals surface area (Å²) in [5, 5.41) is 23.3. The van der Waals surface area contributed by atoms with Crippen LogP contribution in [0.2, 0.25) is 0 Å². The van der Waals surface area contributed by atoms with Crippen molar-refractivity contribution in [2.24, 2.45) is 5.41 Å². The van der Waals surface area contributed by atoms with E-state index in [1.165, 1.54) is 30.5 Å². The highest BCUT2D eigenvalue weighted by molar-refractivity contribution is 5.46. The van der Waals surface area contributed by atoms with Gasteiger partial charge in [0.1, 0.15) is 11.4 Å². The number of nitrogens with zero attached hydrogens (tertiary/aromatic N) is 3. The fourth-order valence-corrected chi connectivity index (χ4v) is 5.15. The van der Waals surface area contributed by atoms with Crippen molar-refractivity contribution in [3.05, 3.63) is 89.0 Å². The molecule has 9 heteroatoms. The first-order valence-electron chi connectivity index (χ1n) is 12.2. The molecule has 0 radical (unpaired) electrons. The molecule has 1 aromatic carbocycles. The van der Waals surface area contributed by atoms with Crippen LogP contribution >= 0.6 is 0 Å². The highest BCUT2D eigenvalue weighted by Crippen LogP contribution is 2.52. The Balaban J connectivity index is 1.76. The van der Waals surface area contributed by atoms with Crippen LogP contribution in [-0.2, 0) is 11.2 Å². The van der Waals surface area contributed by atoms with Gasteiger partial charge in [-0.2, -0.15) is 0 Å². The summed E-state index contributed by atoms with van der Waals surface area (Å²) in [7, 11) is 1.94. The lowest BCUT2D eigenvalue weighted by atomic mass is 9.59. The standard InChI is InChI=1S/C29H30F3N3O3/c1-5-27(18-35(4)19-27)28(37,22-9-11-24(12-10-22)38-29(30,31)32)23-15-21(16-33-17-23)13-14-26(3,36)25-8-6-7-20(2)34-25/h6-12,15-17,36-37H,5,18-19H2,1-4H3. The van der Waals surface area contributed by atoms with E-state index in [1.54, 1.807) is 31.3 Å². The zero-order valence-electron chi connectivity index (χ0n) is 21.7. The summed E-state index contributed by atoms with van der Waals surface area (Å²) in [6, 6.07) is 12.3. The summed E-state index contributed by atoms with van der Waals surface area (Å²) in [6.07, 6.45) is -1.13. The smallest absolute Gasteiger partial charge is 0.406 e. The van der Waals surface area contributed by atoms with E-state index in [-0.39, 0.29) is 5.75 Å². The largest absolute Gasteiger partial charge is 0.573 e. The summed E-state index contributed by atoms with van der Waals surface area (Å²) in [5.41, 5.74) is -1.20. The Morgan fingerprint density at radius 1 is 1.05 bits per heavy atom. The average molecular weight is 526 g/mol. The highest BCUT2D eigenvalue weighted by Gasteiger charge is 2.57. The van der Waals surface area contributed by atoms with E-state index < -0.39 is 23.0 Å². The summed E-state index contributed by atoms with van der Waals surface area (Å²) in [4.78, 5) is 10.7. The van der Waals surface area contributed by atoms with Gasteiger partial charge in [0.2, 0.25) is 0 Å². The van der Waals surface area contributed by atoms with Crippen molar-refractivity contribution in [3.8, 4) is 17.6 Å². The Kier molecular flexibility index (Phi) is 7.28. The minimum Gasteiger partial charge on any atom is -0.406 e. The quantitative estimate of drug-likeness (QED) is 0.461. The number of aryl methyl sites for hydroxylation is 1. The molecule has 3 heterocycles. The summed E-state index contributed by atoms with van der Waals surface area (Å²) in [6.45, 7) is 6.50. The molecule has 2 aromatic heterocycles. The van der Waals surface area contributed by atoms with Crippen molar-refractivity contribution in [2.75, 3.05) is 20.1 Å². The third kappa shape index (κ3) is 5.39. The van der Waals surface area contributed by atoms with Gasteiger partial charge in [0.05, 0.1) is 5.69 Å². The number of pyridine rings is 2. The molecule has 2 atom stereocenters. The number of rotatable bonds is 6. The molecule has 1 aliphatic rings. The monoisotopic (exact) mass is 525 g/mol. The third-order valence-electron chi connectivity index (χ3n) is 7.09. The molecule has 0 aliphatic carbocycles. The first-order chi connectivity index (χ1) is 17.8. The van der Waals surface area contributed by atoms with Crippen LogP contribution in [0.5, 0.6) is 5.75 Å². The van der Waals surface area contributed by atoms with Gasteiger partial charge in [0.15, 0.2) is 5.60 Å². The third-order valence-corrected chi connectivity index (χ3v) is 7.09. The number of likely N-dealkylation sites (tertiary alicyclic amines) is 1. The van der Waals surface area contributed by atoms with Crippen LogP contribution < -0.4 is 4.74 Å². The Morgan fingerprint density at radius 2 is 1.74 bits per heavy atom. The van der Waals surface area contributed by atoms with E-state index in [9.17, 15) is 23.4 Å². The molecular formula is C29H30F3N3O3. The van der Waals surface area contributed by atoms with Gasteiger partial charge in [-0.05, 0) is 63.2 Å². The van der Waals surface area contributed by atoms with Crippen molar-refractivity contribution in [1.82, 2.24) is 14.9 Å². The summed E-state index contributed by atoms with van der Waals surface area (Å²) >= 11 is 0. The van der Waals surface area contributed by atoms with Crippen LogP contribution in [0.15, 0.2) is 60.9 Å². The first-order valence-corrected chi connectivity index (χ1v) is 12.2. The number of alkyl halides is 3. The predicted octanol–water partition coefficient (Wildman–Crippen LogP) is 4.52. The normalized spacial score (nSPS) is 18.3. The molecular weight excluding hydrogens is 495 g/mol. The Labute approximate surface area is 220 Å². The molecule has 6 nitrogen and oxygen atoms in total. The van der Waals surface area contributed by atoms with Gasteiger partial charge in [-0.15, -0.1) is 13.2 Å². The maximum Gasteiger partial charge on any atom is 0.573 e. The Morgan fingerprint density at radius 3 is 2.32 bits per heavy atom. The molecule has 38 heavy (non-hydrogen) atoms. The number of ether oxygens (including phenoxy) is 1. The predicted molar refractivity (Wildman–Crippen MR) is 136 cm³/mol. The van der Waals surface area contributed by atoms with E-state index in [0.29, 0.717) is 41.9 Å². The molecule has 3 aromatic rings. The minimum atomic E-state index is -4.81. The molecule has 1 fully saturated rings. The van der Waals surface area contributed by atoms with Crippen LogP contribution in [0.25, 0.3) is 0 Å². The van der Waals surface area contributed by atoms with Gasteiger partial charge in [-0.1, -0.05) is 37.0 Å². The van der Waals surface area contributed by atoms with Gasteiger partial charge < -0.3 is 19.8 Å². The molecule has 2 unspecified atom stereocenters. The summed E-state index contributed by atoms with van der Waals surface area (Å²) < 4.78 is 42.1. The zero-order valence-corrected chi connectivity index (χ0v) is 21.7. The lowest BCUT2D eigenvalue weighted by Crippen LogP contribution is -2.65. The van der Waals surface area contributed by atoms with Gasteiger partial charge in [-0.3, -0.25) is 9.97 Å². The number of halogens is 3. The van der Waals surface area contributed by atoms with E-state index in [2.05, 4.69) is 31.4 Å². The first kappa shape index (κ1) is 27.6. The van der Waals surface area contributed by atoms with Crippen LogP contribution in [-0.4, -0.2) is 51.6 Å². The van der Waals surface area contributed by atoms with E-state index in [4.69, 9.17) is 0 Å². The fourth-order valence-electron chi connectivity index (χ4n) is 5.15. The highest BCUT2D eigenvalue weighted by atomic mass is 19.4. The molecule has 1 saturated heterocycles. The molecule has 4 rings (SSSR count). The average Bonchev–Trinajstić information content (AvgIpc) is 2.85. The topological polar surface area (TPSA) is 78.7 Å². The maximum atomic E-state index is 12.7. The van der Waals surface area contributed by atoms with Gasteiger partial charge in [0, 0.05) is 47.7 Å². The number of aliphatic hydroxyl groups is 2. The van der Waals surface area contributed by atoms with Gasteiger partial charge in [-0.25, -0.2) is 0 Å². The second kappa shape index (κ2) is 10.0. The Bertz CT molecular complexity index is 1360. The summed E-state index contributed by atoms with van der Waals surface area (Å²) in [5.74, 6) is 5.42. The minimum absolute atomic E-state index is 0.371. The van der Waals surface area contributed by atoms with Crippen molar-refractivity contribution < 1.29 is 28.1 Å². The Hall–Kier alpha value is -3.45. The zero-order chi connectivity index (χ0) is 27.8. The van der Waals surface area contributed by atoms with Crippen molar-refractivity contribution in [2.45, 2.75) is 44.8 Å². The fraction of sp³-hybridized carbons (Fsp3) is 0.379. The molecule has 0 spiro atoms. The number of hydrogen-bond donors (Lipinski definition) is 2.